The highest BCUT2D eigenvalue weighted by atomic mass is 15.3. The number of anilines is 3. The van der Waals surface area contributed by atoms with Crippen LogP contribution in [0.1, 0.15) is 22.4 Å². The number of hydrogen-bond donors (Lipinski definition) is 0. The third-order valence-electron chi connectivity index (χ3n) is 14.0. The Bertz CT molecular complexity index is 3700. The normalized spacial score (nSPS) is 14.4. The Balaban J connectivity index is 0.644. The highest BCUT2D eigenvalue weighted by Crippen LogP contribution is 2.32. The first kappa shape index (κ1) is 46.6. The van der Waals surface area contributed by atoms with E-state index in [2.05, 4.69) is 75.1 Å². The Kier molecular flexibility index (Phi) is 12.6. The molecule has 21 heteroatoms. The summed E-state index contributed by atoms with van der Waals surface area (Å²) in [5.74, 6) is 2.69. The minimum atomic E-state index is 0.447. The Labute approximate surface area is 431 Å². The zero-order valence-corrected chi connectivity index (χ0v) is 41.5. The molecule has 0 spiro atoms. The van der Waals surface area contributed by atoms with Crippen LogP contribution in [0.2, 0.25) is 0 Å². The molecule has 2 saturated heterocycles. The van der Waals surface area contributed by atoms with Gasteiger partial charge in [-0.2, -0.15) is 30.9 Å². The van der Waals surface area contributed by atoms with E-state index in [1.807, 2.05) is 111 Å². The maximum Gasteiger partial charge on any atom is 0.128 e. The van der Waals surface area contributed by atoms with Crippen molar-refractivity contribution in [2.45, 2.75) is 19.6 Å². The van der Waals surface area contributed by atoms with E-state index in [4.69, 9.17) is 30.0 Å². The van der Waals surface area contributed by atoms with Gasteiger partial charge in [0.15, 0.2) is 0 Å². The van der Waals surface area contributed by atoms with E-state index < -0.39 is 0 Å². The zero-order chi connectivity index (χ0) is 50.8. The standard InChI is InChI=1S/C54H51N21/c1-67(48-9-6-38(25-58-48)32-69-14-18-71(19-15-69)49-10-7-39(26-59-49)51-53-41(23-55)28-63-74(53)36-46(65-51)43-30-61-68(2)33-43)13-22-73-34-44(31-62-73)47-37-75-54(42(24-56)29-64-75)52(66-47)40-8-11-50(60-27-40)72-20-16-70(17-21-72)35-45-5-3-4-12-57-45/h3-12,25-31,33-34,36-37H,13-22,32,35H2,1-2H3. The van der Waals surface area contributed by atoms with E-state index in [0.717, 1.165) is 116 Å². The molecule has 10 aromatic rings. The summed E-state index contributed by atoms with van der Waals surface area (Å²) in [6.45, 7) is 10.0. The number of aromatic nitrogens is 14. The van der Waals surface area contributed by atoms with Crippen LogP contribution >= 0.6 is 0 Å². The SMILES string of the molecule is CN(CCn1cc(-c2cn3ncc(C#N)c3c(-c3ccc(N4CCN(Cc5ccccn5)CC4)nc3)n2)cn1)c1ccc(CN2CCN(c3ccc(-c4nc(-c5cnn(C)c5)cn5ncc(C#N)c45)cn3)CC2)cn1. The van der Waals surface area contributed by atoms with Crippen molar-refractivity contribution in [1.82, 2.24) is 78.5 Å². The summed E-state index contributed by atoms with van der Waals surface area (Å²) in [4.78, 5) is 40.7. The van der Waals surface area contributed by atoms with Crippen molar-refractivity contribution in [2.24, 2.45) is 7.05 Å². The van der Waals surface area contributed by atoms with Gasteiger partial charge in [0.1, 0.15) is 51.8 Å². The number of nitrogens with zero attached hydrogens (tertiary/aromatic N) is 21. The van der Waals surface area contributed by atoms with Crippen LogP contribution in [0.4, 0.5) is 17.5 Å². The molecule has 10 aromatic heterocycles. The first-order chi connectivity index (χ1) is 36.8. The number of rotatable bonds is 14. The maximum atomic E-state index is 10.0. The first-order valence-electron chi connectivity index (χ1n) is 24.8. The molecule has 12 heterocycles. The molecule has 372 valence electrons. The van der Waals surface area contributed by atoms with Gasteiger partial charge in [0.2, 0.25) is 0 Å². The fourth-order valence-electron chi connectivity index (χ4n) is 9.82. The fraction of sp³-hybridized carbons (Fsp3) is 0.259. The number of likely N-dealkylation sites (N-methyl/N-ethyl adjacent to an activating group) is 1. The Morgan fingerprint density at radius 1 is 0.547 bits per heavy atom. The van der Waals surface area contributed by atoms with Crippen LogP contribution < -0.4 is 14.7 Å². The molecule has 0 radical (unpaired) electrons. The summed E-state index contributed by atoms with van der Waals surface area (Å²) >= 11 is 0. The second kappa shape index (κ2) is 20.2. The average molecular weight is 994 g/mol. The molecular weight excluding hydrogens is 943 g/mol. The summed E-state index contributed by atoms with van der Waals surface area (Å²) in [6.07, 6.45) is 21.8. The van der Waals surface area contributed by atoms with Gasteiger partial charge in [0, 0.05) is 146 Å². The summed E-state index contributed by atoms with van der Waals surface area (Å²) < 4.78 is 7.07. The lowest BCUT2D eigenvalue weighted by atomic mass is 10.1. The van der Waals surface area contributed by atoms with E-state index in [1.54, 1.807) is 32.3 Å². The molecule has 0 aromatic carbocycles. The van der Waals surface area contributed by atoms with Gasteiger partial charge >= 0.3 is 0 Å². The summed E-state index contributed by atoms with van der Waals surface area (Å²) in [5.41, 5.74) is 10.4. The van der Waals surface area contributed by atoms with Gasteiger partial charge in [-0.3, -0.25) is 24.1 Å². The van der Waals surface area contributed by atoms with Crippen molar-refractivity contribution in [1.29, 1.82) is 10.5 Å². The fourth-order valence-corrected chi connectivity index (χ4v) is 9.82. The van der Waals surface area contributed by atoms with Crippen LogP contribution in [0.5, 0.6) is 0 Å². The summed E-state index contributed by atoms with van der Waals surface area (Å²) in [7, 11) is 3.91. The third-order valence-corrected chi connectivity index (χ3v) is 14.0. The molecule has 0 unspecified atom stereocenters. The zero-order valence-electron chi connectivity index (χ0n) is 41.5. The van der Waals surface area contributed by atoms with Crippen LogP contribution in [0.25, 0.3) is 56.1 Å². The van der Waals surface area contributed by atoms with Crippen molar-refractivity contribution < 1.29 is 0 Å². The van der Waals surface area contributed by atoms with E-state index in [0.29, 0.717) is 58.0 Å². The number of pyridine rings is 4. The number of hydrogen-bond acceptors (Lipinski definition) is 17. The highest BCUT2D eigenvalue weighted by molar-refractivity contribution is 5.84. The van der Waals surface area contributed by atoms with Crippen molar-refractivity contribution in [3.05, 3.63) is 151 Å². The molecule has 2 fully saturated rings. The molecule has 0 amide bonds. The predicted molar refractivity (Wildman–Crippen MR) is 282 cm³/mol. The lowest BCUT2D eigenvalue weighted by molar-refractivity contribution is 0.246. The smallest absolute Gasteiger partial charge is 0.128 e. The van der Waals surface area contributed by atoms with Gasteiger partial charge in [-0.15, -0.1) is 0 Å². The summed E-state index contributed by atoms with van der Waals surface area (Å²) in [5, 5.41) is 37.8. The molecular formula is C54H51N21. The second-order valence-electron chi connectivity index (χ2n) is 18.9. The topological polar surface area (TPSA) is 211 Å². The van der Waals surface area contributed by atoms with E-state index in [9.17, 15) is 10.5 Å². The average Bonchev–Trinajstić information content (AvgIpc) is 4.32. The van der Waals surface area contributed by atoms with E-state index in [-0.39, 0.29) is 0 Å². The van der Waals surface area contributed by atoms with Crippen LogP contribution in [0.15, 0.2) is 129 Å². The van der Waals surface area contributed by atoms with Crippen molar-refractivity contribution >= 4 is 28.5 Å². The molecule has 0 aliphatic carbocycles. The highest BCUT2D eigenvalue weighted by Gasteiger charge is 2.23. The molecule has 0 atom stereocenters. The van der Waals surface area contributed by atoms with Crippen LogP contribution in [-0.2, 0) is 26.7 Å². The van der Waals surface area contributed by atoms with Gasteiger partial charge in [0.05, 0.1) is 72.2 Å². The van der Waals surface area contributed by atoms with Gasteiger partial charge < -0.3 is 14.7 Å². The summed E-state index contributed by atoms with van der Waals surface area (Å²) in [6, 6.07) is 22.9. The minimum Gasteiger partial charge on any atom is -0.358 e. The van der Waals surface area contributed by atoms with Gasteiger partial charge in [-0.05, 0) is 48.0 Å². The number of nitriles is 2. The molecule has 2 aliphatic heterocycles. The van der Waals surface area contributed by atoms with Gasteiger partial charge in [0.25, 0.3) is 0 Å². The molecule has 12 rings (SSSR count). The number of aryl methyl sites for hydroxylation is 1. The molecule has 0 bridgehead atoms. The van der Waals surface area contributed by atoms with Crippen LogP contribution in [0.3, 0.4) is 0 Å². The molecule has 2 aliphatic rings. The van der Waals surface area contributed by atoms with E-state index in [1.165, 1.54) is 0 Å². The quantitative estimate of drug-likeness (QED) is 0.132. The number of piperazine rings is 2. The molecule has 21 nitrogen and oxygen atoms in total. The Morgan fingerprint density at radius 3 is 1.67 bits per heavy atom. The molecule has 0 N–H and O–H groups in total. The maximum absolute atomic E-state index is 10.0. The third kappa shape index (κ3) is 9.68. The second-order valence-corrected chi connectivity index (χ2v) is 18.9. The first-order valence-corrected chi connectivity index (χ1v) is 24.8. The molecule has 75 heavy (non-hydrogen) atoms. The van der Waals surface area contributed by atoms with E-state index >= 15 is 0 Å². The predicted octanol–water partition coefficient (Wildman–Crippen LogP) is 5.47. The van der Waals surface area contributed by atoms with Crippen molar-refractivity contribution in [3.63, 3.8) is 0 Å². The Morgan fingerprint density at radius 2 is 1.15 bits per heavy atom. The van der Waals surface area contributed by atoms with Crippen LogP contribution in [0, 0.1) is 22.7 Å². The minimum absolute atomic E-state index is 0.447. The van der Waals surface area contributed by atoms with Crippen molar-refractivity contribution in [2.75, 3.05) is 80.7 Å². The number of fused-ring (bicyclic) bond motifs is 2. The van der Waals surface area contributed by atoms with Crippen LogP contribution in [-0.4, -0.2) is 144 Å². The van der Waals surface area contributed by atoms with Crippen molar-refractivity contribution in [3.8, 4) is 57.2 Å². The largest absolute Gasteiger partial charge is 0.358 e. The van der Waals surface area contributed by atoms with Gasteiger partial charge in [-0.25, -0.2) is 34.0 Å². The monoisotopic (exact) mass is 993 g/mol. The Hall–Kier alpha value is -9.44. The lowest BCUT2D eigenvalue weighted by Gasteiger charge is -2.35. The van der Waals surface area contributed by atoms with Gasteiger partial charge in [-0.1, -0.05) is 12.1 Å². The molecule has 0 saturated carbocycles. The lowest BCUT2D eigenvalue weighted by Crippen LogP contribution is -2.46.